The van der Waals surface area contributed by atoms with Crippen molar-refractivity contribution in [1.82, 2.24) is 0 Å². The summed E-state index contributed by atoms with van der Waals surface area (Å²) < 4.78 is 20.5. The zero-order valence-electron chi connectivity index (χ0n) is 16.5. The van der Waals surface area contributed by atoms with Gasteiger partial charge in [0.1, 0.15) is 0 Å². The third kappa shape index (κ3) is 3.55. The van der Waals surface area contributed by atoms with Crippen LogP contribution in [0.5, 0.6) is 0 Å². The molecular weight excluding hydrogens is 356 g/mol. The molecule has 4 nitrogen and oxygen atoms in total. The number of fused-ring (bicyclic) bond motifs is 1. The van der Waals surface area contributed by atoms with Crippen LogP contribution >= 0.6 is 11.8 Å². The molecule has 0 aromatic carbocycles. The van der Waals surface area contributed by atoms with Gasteiger partial charge in [-0.05, 0) is 22.2 Å². The van der Waals surface area contributed by atoms with Crippen molar-refractivity contribution >= 4 is 28.9 Å². The van der Waals surface area contributed by atoms with Crippen LogP contribution in [0.2, 0.25) is 22.2 Å². The molecule has 0 spiro atoms. The number of aliphatic hydroxyl groups is 1. The second-order valence-electron chi connectivity index (χ2n) is 8.50. The van der Waals surface area contributed by atoms with Gasteiger partial charge < -0.3 is 18.1 Å². The van der Waals surface area contributed by atoms with Gasteiger partial charge in [-0.25, -0.2) is 0 Å². The lowest BCUT2D eigenvalue weighted by atomic mass is 10.2. The van der Waals surface area contributed by atoms with Crippen LogP contribution in [-0.2, 0) is 13.0 Å². The summed E-state index contributed by atoms with van der Waals surface area (Å²) in [6, 6.07) is 0. The van der Waals surface area contributed by atoms with Gasteiger partial charge in [-0.1, -0.05) is 55.4 Å². The molecule has 0 saturated carbocycles. The molecule has 2 fully saturated rings. The normalized spacial score (nSPS) is 33.1. The van der Waals surface area contributed by atoms with Gasteiger partial charge in [0.05, 0.1) is 24.1 Å². The molecule has 2 aliphatic heterocycles. The highest BCUT2D eigenvalue weighted by atomic mass is 32.2. The Kier molecular flexibility index (Phi) is 6.72. The molecule has 0 unspecified atom stereocenters. The first-order valence-electron chi connectivity index (χ1n) is 9.38. The molecule has 1 N–H and O–H groups in total. The van der Waals surface area contributed by atoms with E-state index in [2.05, 4.69) is 55.4 Å². The Balaban J connectivity index is 2.51. The Morgan fingerprint density at radius 3 is 1.83 bits per heavy atom. The number of thioether (sulfide) groups is 1. The van der Waals surface area contributed by atoms with E-state index in [-0.39, 0.29) is 11.4 Å². The third-order valence-electron chi connectivity index (χ3n) is 5.56. The van der Waals surface area contributed by atoms with E-state index in [1.54, 1.807) is 11.8 Å². The van der Waals surface area contributed by atoms with Crippen LogP contribution in [0.15, 0.2) is 0 Å². The fourth-order valence-electron chi connectivity index (χ4n) is 4.10. The first-order chi connectivity index (χ1) is 11.1. The fraction of sp³-hybridized carbons (Fsp3) is 1.00. The minimum atomic E-state index is -2.55. The molecule has 0 amide bonds. The Morgan fingerprint density at radius 2 is 1.38 bits per heavy atom. The molecule has 2 aliphatic rings. The summed E-state index contributed by atoms with van der Waals surface area (Å²) in [5, 5.41) is 10.7. The van der Waals surface area contributed by atoms with E-state index in [0.29, 0.717) is 28.8 Å². The third-order valence-corrected chi connectivity index (χ3v) is 17.2. The van der Waals surface area contributed by atoms with Crippen molar-refractivity contribution in [2.24, 2.45) is 0 Å². The average Bonchev–Trinajstić information content (AvgIpc) is 2.77. The predicted molar refractivity (Wildman–Crippen MR) is 106 cm³/mol. The highest BCUT2D eigenvalue weighted by molar-refractivity contribution is 8.00. The zero-order chi connectivity index (χ0) is 18.3. The summed E-state index contributed by atoms with van der Waals surface area (Å²) >= 11 is 1.79. The summed E-state index contributed by atoms with van der Waals surface area (Å²) in [6.45, 7) is 18.5. The quantitative estimate of drug-likeness (QED) is 0.718. The summed E-state index contributed by atoms with van der Waals surface area (Å²) in [5.74, 6) is 0.733. The van der Waals surface area contributed by atoms with Crippen LogP contribution in [-0.4, -0.2) is 52.0 Å². The van der Waals surface area contributed by atoms with Crippen molar-refractivity contribution in [3.05, 3.63) is 0 Å². The molecule has 24 heavy (non-hydrogen) atoms. The van der Waals surface area contributed by atoms with Crippen molar-refractivity contribution in [2.75, 3.05) is 12.4 Å². The number of rotatable bonds is 4. The van der Waals surface area contributed by atoms with Gasteiger partial charge in [0.2, 0.25) is 0 Å². The second kappa shape index (κ2) is 7.70. The van der Waals surface area contributed by atoms with Crippen molar-refractivity contribution in [3.63, 3.8) is 0 Å². The van der Waals surface area contributed by atoms with E-state index in [1.165, 1.54) is 0 Å². The largest absolute Gasteiger partial charge is 0.414 e. The monoisotopic (exact) mass is 392 g/mol. The molecule has 0 aliphatic carbocycles. The minimum absolute atomic E-state index is 0.155. The Morgan fingerprint density at radius 1 is 0.875 bits per heavy atom. The molecule has 2 rings (SSSR count). The van der Waals surface area contributed by atoms with Gasteiger partial charge in [0.25, 0.3) is 0 Å². The van der Waals surface area contributed by atoms with Crippen LogP contribution in [0, 0.1) is 0 Å². The van der Waals surface area contributed by atoms with Gasteiger partial charge in [-0.15, -0.1) is 0 Å². The molecule has 0 bridgehead atoms. The fourth-order valence-corrected chi connectivity index (χ4v) is 16.8. The van der Waals surface area contributed by atoms with Crippen molar-refractivity contribution in [3.8, 4) is 0 Å². The van der Waals surface area contributed by atoms with Crippen molar-refractivity contribution < 1.29 is 18.1 Å². The van der Waals surface area contributed by atoms with Crippen molar-refractivity contribution in [1.29, 1.82) is 0 Å². The molecule has 0 radical (unpaired) electrons. The first kappa shape index (κ1) is 20.9. The maximum Gasteiger partial charge on any atom is 0.335 e. The van der Waals surface area contributed by atoms with Crippen LogP contribution in [0.4, 0.5) is 0 Å². The number of hydrogen-bond acceptors (Lipinski definition) is 5. The number of aliphatic hydroxyl groups excluding tert-OH is 1. The first-order valence-corrected chi connectivity index (χ1v) is 14.4. The standard InChI is InChI=1S/C17H36O4SSi2/c1-11(2)23(12(3)4)19-9-16-17(15(18)10-22-16)20-24(21-23,13(5)6)14(7)8/h11-18H,9-10H2,1-8H3/t15-,16+,17-/m0/s1. The summed E-state index contributed by atoms with van der Waals surface area (Å²) in [4.78, 5) is 0. The minimum Gasteiger partial charge on any atom is -0.414 e. The van der Waals surface area contributed by atoms with Crippen LogP contribution < -0.4 is 0 Å². The summed E-state index contributed by atoms with van der Waals surface area (Å²) in [7, 11) is -4.97. The van der Waals surface area contributed by atoms with Gasteiger partial charge >= 0.3 is 17.1 Å². The Bertz CT molecular complexity index is 415. The van der Waals surface area contributed by atoms with Gasteiger partial charge in [0, 0.05) is 5.75 Å². The van der Waals surface area contributed by atoms with E-state index < -0.39 is 23.2 Å². The molecular formula is C17H36O4SSi2. The SMILES string of the molecule is CC(C)[Si]1(C(C)C)OC[C@H]2SC[C@H](O)[C@@H]2O[Si](C(C)C)(C(C)C)O1. The second-order valence-corrected chi connectivity index (χ2v) is 18.6. The Labute approximate surface area is 154 Å². The van der Waals surface area contributed by atoms with E-state index >= 15 is 0 Å². The molecule has 0 aromatic rings. The zero-order valence-corrected chi connectivity index (χ0v) is 19.4. The topological polar surface area (TPSA) is 47.9 Å². The maximum absolute atomic E-state index is 10.5. The van der Waals surface area contributed by atoms with Crippen LogP contribution in [0.25, 0.3) is 0 Å². The summed E-state index contributed by atoms with van der Waals surface area (Å²) in [6.07, 6.45) is -0.568. The smallest absolute Gasteiger partial charge is 0.335 e. The highest BCUT2D eigenvalue weighted by Gasteiger charge is 2.60. The molecule has 0 aromatic heterocycles. The van der Waals surface area contributed by atoms with E-state index in [1.807, 2.05) is 0 Å². The van der Waals surface area contributed by atoms with E-state index in [0.717, 1.165) is 5.75 Å². The average molecular weight is 393 g/mol. The van der Waals surface area contributed by atoms with E-state index in [4.69, 9.17) is 13.0 Å². The molecule has 2 heterocycles. The maximum atomic E-state index is 10.5. The highest BCUT2D eigenvalue weighted by Crippen LogP contribution is 2.48. The Hall–Kier alpha value is 0.624. The van der Waals surface area contributed by atoms with Crippen molar-refractivity contribution in [2.45, 2.75) is 95.0 Å². The van der Waals surface area contributed by atoms with Gasteiger partial charge in [-0.3, -0.25) is 0 Å². The number of hydrogen-bond donors (Lipinski definition) is 1. The summed E-state index contributed by atoms with van der Waals surface area (Å²) in [5.41, 5.74) is 1.39. The molecule has 7 heteroatoms. The lowest BCUT2D eigenvalue weighted by molar-refractivity contribution is 0.00720. The van der Waals surface area contributed by atoms with Crippen LogP contribution in [0.1, 0.15) is 55.4 Å². The van der Waals surface area contributed by atoms with Crippen LogP contribution in [0.3, 0.4) is 0 Å². The van der Waals surface area contributed by atoms with Gasteiger partial charge in [-0.2, -0.15) is 11.8 Å². The lowest BCUT2D eigenvalue weighted by Crippen LogP contribution is -2.65. The molecule has 142 valence electrons. The lowest BCUT2D eigenvalue weighted by Gasteiger charge is -2.51. The molecule has 3 atom stereocenters. The van der Waals surface area contributed by atoms with Gasteiger partial charge in [0.15, 0.2) is 0 Å². The predicted octanol–water partition coefficient (Wildman–Crippen LogP) is 4.42. The molecule has 2 saturated heterocycles. The van der Waals surface area contributed by atoms with E-state index in [9.17, 15) is 5.11 Å².